The van der Waals surface area contributed by atoms with Crippen molar-refractivity contribution in [2.75, 3.05) is 0 Å². The van der Waals surface area contributed by atoms with Gasteiger partial charge in [0.05, 0.1) is 16.2 Å². The number of nitro groups is 1. The third-order valence-electron chi connectivity index (χ3n) is 4.71. The molecule has 1 amide bonds. The molecule has 3 aromatic rings. The lowest BCUT2D eigenvalue weighted by molar-refractivity contribution is -0.386. The lowest BCUT2D eigenvalue weighted by atomic mass is 10.1. The molecule has 11 heteroatoms. The van der Waals surface area contributed by atoms with E-state index in [1.54, 1.807) is 49.4 Å². The molecule has 1 heterocycles. The molecule has 0 radical (unpaired) electrons. The summed E-state index contributed by atoms with van der Waals surface area (Å²) in [5.41, 5.74) is 3.93. The summed E-state index contributed by atoms with van der Waals surface area (Å²) in [7, 11) is 0. The number of hydrogen-bond donors (Lipinski definition) is 1. The Bertz CT molecular complexity index is 1270. The summed E-state index contributed by atoms with van der Waals surface area (Å²) in [6.45, 7) is 4.41. The maximum atomic E-state index is 12.5. The Morgan fingerprint density at radius 2 is 1.94 bits per heavy atom. The summed E-state index contributed by atoms with van der Waals surface area (Å²) in [4.78, 5) is 35.4. The van der Waals surface area contributed by atoms with Gasteiger partial charge >= 0.3 is 11.7 Å². The third kappa shape index (κ3) is 5.60. The van der Waals surface area contributed by atoms with E-state index < -0.39 is 16.8 Å². The number of carbonyl (C=O) groups is 2. The lowest BCUT2D eigenvalue weighted by Crippen LogP contribution is -2.25. The Labute approximate surface area is 194 Å². The van der Waals surface area contributed by atoms with Crippen LogP contribution in [-0.2, 0) is 11.3 Å². The zero-order chi connectivity index (χ0) is 24.1. The predicted molar refractivity (Wildman–Crippen MR) is 122 cm³/mol. The number of hydrazone groups is 1. The first-order valence-electron chi connectivity index (χ1n) is 9.76. The molecule has 2 aromatic carbocycles. The fraction of sp³-hybridized carbons (Fsp3) is 0.182. The normalized spacial score (nSPS) is 11.2. The average Bonchev–Trinajstić information content (AvgIpc) is 3.05. The molecule has 0 aliphatic carbocycles. The molecular weight excluding hydrogens is 450 g/mol. The first kappa shape index (κ1) is 23.6. The van der Waals surface area contributed by atoms with Crippen molar-refractivity contribution in [1.29, 1.82) is 0 Å². The number of aryl methyl sites for hydroxylation is 1. The highest BCUT2D eigenvalue weighted by molar-refractivity contribution is 6.30. The van der Waals surface area contributed by atoms with Gasteiger partial charge < -0.3 is 4.74 Å². The first-order chi connectivity index (χ1) is 15.7. The largest absolute Gasteiger partial charge is 0.422 e. The Morgan fingerprint density at radius 3 is 2.61 bits per heavy atom. The van der Waals surface area contributed by atoms with Crippen LogP contribution in [0.2, 0.25) is 5.02 Å². The smallest absolute Gasteiger partial charge is 0.343 e. The minimum absolute atomic E-state index is 0.127. The molecule has 33 heavy (non-hydrogen) atoms. The van der Waals surface area contributed by atoms with Crippen LogP contribution in [0.3, 0.4) is 0 Å². The van der Waals surface area contributed by atoms with E-state index in [0.717, 1.165) is 0 Å². The molecule has 0 bridgehead atoms. The summed E-state index contributed by atoms with van der Waals surface area (Å²) < 4.78 is 6.74. The Morgan fingerprint density at radius 1 is 1.21 bits per heavy atom. The van der Waals surface area contributed by atoms with Gasteiger partial charge in [0.25, 0.3) is 5.91 Å². The van der Waals surface area contributed by atoms with Gasteiger partial charge in [-0.25, -0.2) is 10.2 Å². The number of para-hydroxylation sites is 1. The van der Waals surface area contributed by atoms with Gasteiger partial charge in [-0.3, -0.25) is 19.6 Å². The van der Waals surface area contributed by atoms with Crippen molar-refractivity contribution in [3.8, 4) is 5.75 Å². The van der Waals surface area contributed by atoms with Gasteiger partial charge in [0.15, 0.2) is 0 Å². The molecule has 0 saturated heterocycles. The van der Waals surface area contributed by atoms with Gasteiger partial charge in [0, 0.05) is 10.6 Å². The number of halogens is 1. The van der Waals surface area contributed by atoms with E-state index in [1.807, 2.05) is 0 Å². The van der Waals surface area contributed by atoms with Crippen molar-refractivity contribution < 1.29 is 19.2 Å². The molecular formula is C22H20ClN5O5. The monoisotopic (exact) mass is 469 g/mol. The summed E-state index contributed by atoms with van der Waals surface area (Å²) >= 11 is 5.93. The standard InChI is InChI=1S/C22H20ClN5O5/c1-13(24-25-20(29)12-27-15(3)21(28(31)32)14(2)26-27)18-9-4-5-10-19(18)33-22(30)16-7-6-8-17(23)11-16/h4-11H,12H2,1-3H3,(H,25,29). The Hall–Kier alpha value is -4.05. The molecule has 1 N–H and O–H groups in total. The molecule has 0 unspecified atom stereocenters. The zero-order valence-electron chi connectivity index (χ0n) is 18.0. The van der Waals surface area contributed by atoms with Crippen LogP contribution in [0.25, 0.3) is 0 Å². The van der Waals surface area contributed by atoms with Gasteiger partial charge in [-0.05, 0) is 51.1 Å². The maximum absolute atomic E-state index is 12.5. The number of carbonyl (C=O) groups excluding carboxylic acids is 2. The number of nitrogens with one attached hydrogen (secondary N) is 1. The van der Waals surface area contributed by atoms with Crippen LogP contribution in [0.1, 0.15) is 34.2 Å². The molecule has 170 valence electrons. The van der Waals surface area contributed by atoms with Crippen molar-refractivity contribution >= 4 is 34.9 Å². The van der Waals surface area contributed by atoms with Gasteiger partial charge in [-0.15, -0.1) is 0 Å². The van der Waals surface area contributed by atoms with E-state index in [2.05, 4.69) is 15.6 Å². The van der Waals surface area contributed by atoms with Crippen molar-refractivity contribution in [1.82, 2.24) is 15.2 Å². The van der Waals surface area contributed by atoms with Gasteiger partial charge in [-0.1, -0.05) is 29.8 Å². The third-order valence-corrected chi connectivity index (χ3v) is 4.94. The predicted octanol–water partition coefficient (Wildman–Crippen LogP) is 3.82. The number of benzene rings is 2. The lowest BCUT2D eigenvalue weighted by Gasteiger charge is -2.10. The molecule has 0 aliphatic heterocycles. The molecule has 10 nitrogen and oxygen atoms in total. The number of aromatic nitrogens is 2. The zero-order valence-corrected chi connectivity index (χ0v) is 18.8. The molecule has 0 aliphatic rings. The van der Waals surface area contributed by atoms with E-state index in [1.165, 1.54) is 24.6 Å². The van der Waals surface area contributed by atoms with E-state index in [9.17, 15) is 19.7 Å². The minimum Gasteiger partial charge on any atom is -0.422 e. The topological polar surface area (TPSA) is 129 Å². The van der Waals surface area contributed by atoms with Crippen LogP contribution in [0.4, 0.5) is 5.69 Å². The van der Waals surface area contributed by atoms with Gasteiger partial charge in [0.1, 0.15) is 23.7 Å². The molecule has 0 fully saturated rings. The first-order valence-corrected chi connectivity index (χ1v) is 10.1. The van der Waals surface area contributed by atoms with Crippen LogP contribution in [0.15, 0.2) is 53.6 Å². The fourth-order valence-electron chi connectivity index (χ4n) is 3.11. The van der Waals surface area contributed by atoms with E-state index in [4.69, 9.17) is 16.3 Å². The van der Waals surface area contributed by atoms with Gasteiger partial charge in [-0.2, -0.15) is 10.2 Å². The van der Waals surface area contributed by atoms with Crippen molar-refractivity contribution in [2.45, 2.75) is 27.3 Å². The second-order valence-corrected chi connectivity index (χ2v) is 7.50. The Kier molecular flexibility index (Phi) is 7.19. The number of esters is 1. The van der Waals surface area contributed by atoms with Crippen LogP contribution >= 0.6 is 11.6 Å². The SMILES string of the molecule is CC(=NNC(=O)Cn1nc(C)c([N+](=O)[O-])c1C)c1ccccc1OC(=O)c1cccc(Cl)c1. The van der Waals surface area contributed by atoms with Crippen LogP contribution < -0.4 is 10.2 Å². The van der Waals surface area contributed by atoms with Crippen LogP contribution in [0.5, 0.6) is 5.75 Å². The average molecular weight is 470 g/mol. The van der Waals surface area contributed by atoms with Crippen LogP contribution in [-0.4, -0.2) is 32.3 Å². The second-order valence-electron chi connectivity index (χ2n) is 7.06. The molecule has 0 saturated carbocycles. The molecule has 0 atom stereocenters. The Balaban J connectivity index is 1.72. The number of ether oxygens (including phenoxy) is 1. The summed E-state index contributed by atoms with van der Waals surface area (Å²) in [5, 5.41) is 19.6. The fourth-order valence-corrected chi connectivity index (χ4v) is 3.30. The van der Waals surface area contributed by atoms with Crippen molar-refractivity contribution in [2.24, 2.45) is 5.10 Å². The summed E-state index contributed by atoms with van der Waals surface area (Å²) in [5.74, 6) is -0.858. The number of hydrogen-bond acceptors (Lipinski definition) is 7. The maximum Gasteiger partial charge on any atom is 0.343 e. The number of rotatable bonds is 7. The van der Waals surface area contributed by atoms with E-state index in [-0.39, 0.29) is 29.4 Å². The highest BCUT2D eigenvalue weighted by atomic mass is 35.5. The molecule has 1 aromatic heterocycles. The molecule has 3 rings (SSSR count). The second kappa shape index (κ2) is 10.0. The highest BCUT2D eigenvalue weighted by Crippen LogP contribution is 2.22. The van der Waals surface area contributed by atoms with Crippen molar-refractivity contribution in [3.05, 3.63) is 86.2 Å². The highest BCUT2D eigenvalue weighted by Gasteiger charge is 2.22. The minimum atomic E-state index is -0.590. The number of amides is 1. The van der Waals surface area contributed by atoms with E-state index in [0.29, 0.717) is 21.9 Å². The van der Waals surface area contributed by atoms with E-state index >= 15 is 0 Å². The van der Waals surface area contributed by atoms with Crippen molar-refractivity contribution in [3.63, 3.8) is 0 Å². The molecule has 0 spiro atoms. The summed E-state index contributed by atoms with van der Waals surface area (Å²) in [6, 6.07) is 13.1. The van der Waals surface area contributed by atoms with Crippen LogP contribution in [0, 0.1) is 24.0 Å². The summed E-state index contributed by atoms with van der Waals surface area (Å²) in [6.07, 6.45) is 0. The number of nitrogens with zero attached hydrogens (tertiary/aromatic N) is 4. The quantitative estimate of drug-likeness (QED) is 0.184. The van der Waals surface area contributed by atoms with Gasteiger partial charge in [0.2, 0.25) is 0 Å².